The number of hydrogen-bond donors (Lipinski definition) is 0. The van der Waals surface area contributed by atoms with Crippen molar-refractivity contribution in [3.63, 3.8) is 0 Å². The van der Waals surface area contributed by atoms with Crippen LogP contribution in [0.15, 0.2) is 0 Å². The van der Waals surface area contributed by atoms with Crippen LogP contribution < -0.4 is 0 Å². The summed E-state index contributed by atoms with van der Waals surface area (Å²) in [6.07, 6.45) is 0. The van der Waals surface area contributed by atoms with Gasteiger partial charge in [-0.1, -0.05) is 19.1 Å². The van der Waals surface area contributed by atoms with E-state index in [1.54, 1.807) is 11.8 Å². The Hall–Kier alpha value is 0.280. The van der Waals surface area contributed by atoms with Gasteiger partial charge in [-0.15, -0.1) is 11.8 Å². The first-order valence-electron chi connectivity index (χ1n) is 2.44. The topological polar surface area (TPSA) is 4.36 Å². The molecule has 0 amide bonds. The van der Waals surface area contributed by atoms with Gasteiger partial charge in [-0.3, -0.25) is 0 Å². The van der Waals surface area contributed by atoms with E-state index in [4.69, 9.17) is 18.8 Å². The molecule has 0 aliphatic carbocycles. The smallest absolute Gasteiger partial charge is 0.265 e. The molecule has 0 aromatic rings. The first kappa shape index (κ1) is 9.28. The van der Waals surface area contributed by atoms with Crippen LogP contribution in [-0.4, -0.2) is 15.2 Å². The SMILES string of the molecule is [C-]#[N+]CSC(=S)SCC. The Bertz CT molecular complexity index is 127. The Balaban J connectivity index is 3.19. The van der Waals surface area contributed by atoms with Crippen LogP contribution in [0.25, 0.3) is 4.85 Å². The minimum absolute atomic E-state index is 0.464. The second-order valence-corrected chi connectivity index (χ2v) is 4.53. The summed E-state index contributed by atoms with van der Waals surface area (Å²) in [5.41, 5.74) is 0. The molecule has 0 unspecified atom stereocenters. The highest BCUT2D eigenvalue weighted by atomic mass is 32.2. The molecule has 0 bridgehead atoms. The molecule has 0 N–H and O–H groups in total. The molecule has 1 nitrogen and oxygen atoms in total. The summed E-state index contributed by atoms with van der Waals surface area (Å²) in [7, 11) is 0. The molecule has 0 fully saturated rings. The van der Waals surface area contributed by atoms with E-state index in [1.165, 1.54) is 11.8 Å². The number of thiocarbonyl (C=S) groups is 1. The standard InChI is InChI=1S/C5H7NS3/c1-3-8-5(7)9-4-6-2/h3-4H2,1H3. The molecule has 0 aliphatic heterocycles. The lowest BCUT2D eigenvalue weighted by Gasteiger charge is -1.91. The van der Waals surface area contributed by atoms with Gasteiger partial charge in [0.25, 0.3) is 5.88 Å². The van der Waals surface area contributed by atoms with Crippen LogP contribution in [0.4, 0.5) is 0 Å². The third kappa shape index (κ3) is 6.16. The fourth-order valence-corrected chi connectivity index (χ4v) is 2.01. The summed E-state index contributed by atoms with van der Waals surface area (Å²) in [6, 6.07) is 0. The molecule has 0 aromatic heterocycles. The molecule has 0 heterocycles. The molecule has 0 spiro atoms. The summed E-state index contributed by atoms with van der Waals surface area (Å²) in [5.74, 6) is 1.47. The Morgan fingerprint density at radius 1 is 1.67 bits per heavy atom. The van der Waals surface area contributed by atoms with Crippen LogP contribution in [0, 0.1) is 6.57 Å². The zero-order valence-electron chi connectivity index (χ0n) is 5.09. The lowest BCUT2D eigenvalue weighted by atomic mass is 11.0. The van der Waals surface area contributed by atoms with Crippen molar-refractivity contribution in [2.45, 2.75) is 6.92 Å². The van der Waals surface area contributed by atoms with Crippen molar-refractivity contribution in [3.8, 4) is 0 Å². The molecular formula is C5H7NS3. The monoisotopic (exact) mass is 177 g/mol. The van der Waals surface area contributed by atoms with Crippen molar-refractivity contribution < 1.29 is 0 Å². The third-order valence-corrected chi connectivity index (χ3v) is 2.94. The molecule has 50 valence electrons. The van der Waals surface area contributed by atoms with Gasteiger partial charge in [0.15, 0.2) is 0 Å². The minimum Gasteiger partial charge on any atom is -0.305 e. The van der Waals surface area contributed by atoms with Crippen molar-refractivity contribution in [1.29, 1.82) is 0 Å². The van der Waals surface area contributed by atoms with Crippen LogP contribution in [0.3, 0.4) is 0 Å². The Labute approximate surface area is 69.4 Å². The Kier molecular flexibility index (Phi) is 6.60. The van der Waals surface area contributed by atoms with Crippen molar-refractivity contribution in [2.24, 2.45) is 0 Å². The second-order valence-electron chi connectivity index (χ2n) is 1.11. The predicted octanol–water partition coefficient (Wildman–Crippen LogP) is 2.63. The van der Waals surface area contributed by atoms with Crippen LogP contribution in [0.5, 0.6) is 0 Å². The van der Waals surface area contributed by atoms with Gasteiger partial charge < -0.3 is 4.85 Å². The fraction of sp³-hybridized carbons (Fsp3) is 0.600. The second kappa shape index (κ2) is 6.40. The molecule has 4 heteroatoms. The van der Waals surface area contributed by atoms with E-state index >= 15 is 0 Å². The average Bonchev–Trinajstić information content (AvgIpc) is 1.85. The molecule has 0 saturated heterocycles. The molecule has 0 aliphatic rings. The van der Waals surface area contributed by atoms with Crippen LogP contribution in [-0.2, 0) is 0 Å². The van der Waals surface area contributed by atoms with Crippen molar-refractivity contribution >= 4 is 39.3 Å². The molecule has 0 rings (SSSR count). The molecule has 9 heavy (non-hydrogen) atoms. The Morgan fingerprint density at radius 3 is 2.78 bits per heavy atom. The lowest BCUT2D eigenvalue weighted by Crippen LogP contribution is -1.80. The van der Waals surface area contributed by atoms with Gasteiger partial charge in [0, 0.05) is 0 Å². The van der Waals surface area contributed by atoms with Crippen molar-refractivity contribution in [1.82, 2.24) is 0 Å². The van der Waals surface area contributed by atoms with Gasteiger partial charge >= 0.3 is 0 Å². The van der Waals surface area contributed by atoms with Gasteiger partial charge in [-0.2, -0.15) is 0 Å². The quantitative estimate of drug-likeness (QED) is 0.472. The number of thioether (sulfide) groups is 2. The number of rotatable bonds is 2. The summed E-state index contributed by atoms with van der Waals surface area (Å²) in [4.78, 5) is 3.17. The van der Waals surface area contributed by atoms with Gasteiger partial charge in [-0.05, 0) is 17.5 Å². The average molecular weight is 177 g/mol. The van der Waals surface area contributed by atoms with Crippen molar-refractivity contribution in [2.75, 3.05) is 11.6 Å². The third-order valence-electron chi connectivity index (χ3n) is 0.509. The van der Waals surface area contributed by atoms with E-state index in [0.717, 1.165) is 9.28 Å². The van der Waals surface area contributed by atoms with E-state index in [2.05, 4.69) is 11.8 Å². The van der Waals surface area contributed by atoms with E-state index in [1.807, 2.05) is 0 Å². The van der Waals surface area contributed by atoms with E-state index in [9.17, 15) is 0 Å². The van der Waals surface area contributed by atoms with E-state index < -0.39 is 0 Å². The summed E-state index contributed by atoms with van der Waals surface area (Å²) >= 11 is 7.96. The number of nitrogens with zero attached hydrogens (tertiary/aromatic N) is 1. The molecule has 0 saturated carbocycles. The molecular weight excluding hydrogens is 170 g/mol. The van der Waals surface area contributed by atoms with Crippen LogP contribution >= 0.6 is 35.7 Å². The lowest BCUT2D eigenvalue weighted by molar-refractivity contribution is 1.54. The first-order chi connectivity index (χ1) is 4.31. The van der Waals surface area contributed by atoms with Gasteiger partial charge in [-0.25, -0.2) is 6.57 Å². The zero-order valence-corrected chi connectivity index (χ0v) is 7.54. The van der Waals surface area contributed by atoms with Crippen LogP contribution in [0.2, 0.25) is 0 Å². The first-order valence-corrected chi connectivity index (χ1v) is 4.82. The maximum atomic E-state index is 6.46. The van der Waals surface area contributed by atoms with Crippen LogP contribution in [0.1, 0.15) is 6.92 Å². The summed E-state index contributed by atoms with van der Waals surface area (Å²) in [6.45, 7) is 8.51. The van der Waals surface area contributed by atoms with Gasteiger partial charge in [0.05, 0.1) is 0 Å². The normalized spacial score (nSPS) is 8.44. The van der Waals surface area contributed by atoms with E-state index in [-0.39, 0.29) is 0 Å². The molecule has 0 aromatic carbocycles. The summed E-state index contributed by atoms with van der Waals surface area (Å²) < 4.78 is 0.883. The highest BCUT2D eigenvalue weighted by Crippen LogP contribution is 2.16. The van der Waals surface area contributed by atoms with Gasteiger partial charge in [0.1, 0.15) is 3.53 Å². The van der Waals surface area contributed by atoms with E-state index in [0.29, 0.717) is 5.88 Å². The highest BCUT2D eigenvalue weighted by Gasteiger charge is 1.96. The maximum Gasteiger partial charge on any atom is 0.265 e. The Morgan fingerprint density at radius 2 is 2.33 bits per heavy atom. The zero-order chi connectivity index (χ0) is 7.11. The molecule has 0 atom stereocenters. The van der Waals surface area contributed by atoms with Crippen molar-refractivity contribution in [3.05, 3.63) is 11.4 Å². The van der Waals surface area contributed by atoms with Gasteiger partial charge in [0.2, 0.25) is 0 Å². The predicted molar refractivity (Wildman–Crippen MR) is 49.8 cm³/mol. The largest absolute Gasteiger partial charge is 0.305 e. The summed E-state index contributed by atoms with van der Waals surface area (Å²) in [5, 5.41) is 0. The molecule has 0 radical (unpaired) electrons. The maximum absolute atomic E-state index is 6.46. The highest BCUT2D eigenvalue weighted by molar-refractivity contribution is 8.47. The fourth-order valence-electron chi connectivity index (χ4n) is 0.244. The number of hydrogen-bond acceptors (Lipinski definition) is 3. The minimum atomic E-state index is 0.464.